The van der Waals surface area contributed by atoms with Gasteiger partial charge in [0.2, 0.25) is 0 Å². The molecule has 0 bridgehead atoms. The molecule has 2 atom stereocenters. The van der Waals surface area contributed by atoms with Crippen molar-refractivity contribution in [1.29, 1.82) is 0 Å². The van der Waals surface area contributed by atoms with Crippen molar-refractivity contribution in [2.45, 2.75) is 32.5 Å². The Morgan fingerprint density at radius 3 is 2.65 bits per heavy atom. The average molecular weight is 239 g/mol. The van der Waals surface area contributed by atoms with Crippen molar-refractivity contribution in [3.05, 3.63) is 12.2 Å². The Morgan fingerprint density at radius 2 is 2.12 bits per heavy atom. The summed E-state index contributed by atoms with van der Waals surface area (Å²) in [7, 11) is 0. The average Bonchev–Trinajstić information content (AvgIpc) is 2.66. The summed E-state index contributed by atoms with van der Waals surface area (Å²) in [6, 6.07) is 0. The lowest BCUT2D eigenvalue weighted by Crippen LogP contribution is -2.36. The van der Waals surface area contributed by atoms with Crippen LogP contribution in [0.25, 0.3) is 0 Å². The van der Waals surface area contributed by atoms with E-state index in [1.807, 2.05) is 20.8 Å². The fraction of sp³-hybridized carbons (Fsp3) is 0.667. The second kappa shape index (κ2) is 3.75. The van der Waals surface area contributed by atoms with Crippen LogP contribution in [-0.2, 0) is 14.3 Å². The van der Waals surface area contributed by atoms with Crippen molar-refractivity contribution in [2.24, 2.45) is 5.92 Å². The fourth-order valence-corrected chi connectivity index (χ4v) is 2.07. The third-order valence-electron chi connectivity index (χ3n) is 2.89. The van der Waals surface area contributed by atoms with Crippen molar-refractivity contribution >= 4 is 12.1 Å². The third kappa shape index (κ3) is 2.28. The summed E-state index contributed by atoms with van der Waals surface area (Å²) in [5.41, 5.74) is -0.0521. The van der Waals surface area contributed by atoms with Gasteiger partial charge in [-0.1, -0.05) is 6.58 Å². The van der Waals surface area contributed by atoms with Crippen LogP contribution in [0.2, 0.25) is 0 Å². The molecular weight excluding hydrogens is 222 g/mol. The van der Waals surface area contributed by atoms with E-state index in [2.05, 4.69) is 6.58 Å². The maximum atomic E-state index is 11.8. The number of hydrogen-bond acceptors (Lipinski definition) is 4. The molecule has 2 rings (SSSR count). The molecule has 2 saturated heterocycles. The van der Waals surface area contributed by atoms with Crippen molar-refractivity contribution in [3.8, 4) is 0 Å². The monoisotopic (exact) mass is 239 g/mol. The van der Waals surface area contributed by atoms with Gasteiger partial charge in [-0.15, -0.1) is 0 Å². The van der Waals surface area contributed by atoms with E-state index in [1.54, 1.807) is 4.90 Å². The Balaban J connectivity index is 1.98. The van der Waals surface area contributed by atoms with Crippen LogP contribution in [0.5, 0.6) is 0 Å². The van der Waals surface area contributed by atoms with Gasteiger partial charge in [0, 0.05) is 18.0 Å². The van der Waals surface area contributed by atoms with E-state index in [1.165, 1.54) is 0 Å². The van der Waals surface area contributed by atoms with Crippen LogP contribution in [0.4, 0.5) is 4.79 Å². The topological polar surface area (TPSA) is 55.8 Å². The fourth-order valence-electron chi connectivity index (χ4n) is 2.07. The molecule has 94 valence electrons. The van der Waals surface area contributed by atoms with Gasteiger partial charge in [0.1, 0.15) is 11.7 Å². The second-order valence-electron chi connectivity index (χ2n) is 5.46. The summed E-state index contributed by atoms with van der Waals surface area (Å²) in [6.45, 7) is 10.00. The van der Waals surface area contributed by atoms with Crippen LogP contribution in [0.15, 0.2) is 12.2 Å². The molecule has 0 aliphatic carbocycles. The standard InChI is InChI=1S/C12H17NO4/c1-7-8-5-13(6-9(8)16-10(7)14)11(15)17-12(2,3)4/h8-9H,1,5-6H2,2-4H3/t8-,9-/m1/s1. The maximum absolute atomic E-state index is 11.8. The van der Waals surface area contributed by atoms with E-state index < -0.39 is 5.60 Å². The highest BCUT2D eigenvalue weighted by atomic mass is 16.6. The van der Waals surface area contributed by atoms with Gasteiger partial charge >= 0.3 is 12.1 Å². The van der Waals surface area contributed by atoms with Crippen LogP contribution in [0.1, 0.15) is 20.8 Å². The molecular formula is C12H17NO4. The molecule has 0 radical (unpaired) electrons. The smallest absolute Gasteiger partial charge is 0.410 e. The number of amides is 1. The van der Waals surface area contributed by atoms with Crippen LogP contribution < -0.4 is 0 Å². The summed E-state index contributed by atoms with van der Waals surface area (Å²) in [4.78, 5) is 24.6. The molecule has 0 aromatic rings. The van der Waals surface area contributed by atoms with Gasteiger partial charge < -0.3 is 14.4 Å². The molecule has 2 aliphatic heterocycles. The van der Waals surface area contributed by atoms with E-state index in [0.717, 1.165) is 0 Å². The first-order chi connectivity index (χ1) is 7.78. The molecule has 17 heavy (non-hydrogen) atoms. The van der Waals surface area contributed by atoms with E-state index in [9.17, 15) is 9.59 Å². The number of rotatable bonds is 0. The largest absolute Gasteiger partial charge is 0.456 e. The van der Waals surface area contributed by atoms with Crippen LogP contribution in [0.3, 0.4) is 0 Å². The van der Waals surface area contributed by atoms with Crippen molar-refractivity contribution in [2.75, 3.05) is 13.1 Å². The first-order valence-electron chi connectivity index (χ1n) is 5.65. The summed E-state index contributed by atoms with van der Waals surface area (Å²) < 4.78 is 10.4. The lowest BCUT2D eigenvalue weighted by molar-refractivity contribution is -0.138. The van der Waals surface area contributed by atoms with Gasteiger partial charge in [0.05, 0.1) is 6.54 Å². The van der Waals surface area contributed by atoms with Gasteiger partial charge in [-0.3, -0.25) is 0 Å². The van der Waals surface area contributed by atoms with Crippen molar-refractivity contribution in [3.63, 3.8) is 0 Å². The van der Waals surface area contributed by atoms with Crippen LogP contribution in [0, 0.1) is 5.92 Å². The molecule has 5 nitrogen and oxygen atoms in total. The van der Waals surface area contributed by atoms with E-state index in [0.29, 0.717) is 18.7 Å². The molecule has 0 N–H and O–H groups in total. The van der Waals surface area contributed by atoms with Crippen molar-refractivity contribution < 1.29 is 19.1 Å². The minimum atomic E-state index is -0.511. The Labute approximate surface area is 100 Å². The number of carbonyl (C=O) groups is 2. The Kier molecular flexibility index (Phi) is 2.64. The van der Waals surface area contributed by atoms with E-state index in [-0.39, 0.29) is 24.1 Å². The molecule has 2 heterocycles. The molecule has 2 aliphatic rings. The van der Waals surface area contributed by atoms with Gasteiger partial charge in [0.15, 0.2) is 0 Å². The molecule has 0 unspecified atom stereocenters. The SMILES string of the molecule is C=C1C(=O)O[C@@H]2CN(C(=O)OC(C)(C)C)C[C@H]12. The highest BCUT2D eigenvalue weighted by Crippen LogP contribution is 2.33. The number of carbonyl (C=O) groups excluding carboxylic acids is 2. The number of likely N-dealkylation sites (tertiary alicyclic amines) is 1. The maximum Gasteiger partial charge on any atom is 0.410 e. The quantitative estimate of drug-likeness (QED) is 0.473. The number of hydrogen-bond donors (Lipinski definition) is 0. The van der Waals surface area contributed by atoms with Crippen LogP contribution >= 0.6 is 0 Å². The Morgan fingerprint density at radius 1 is 1.47 bits per heavy atom. The first kappa shape index (κ1) is 12.0. The molecule has 1 amide bonds. The van der Waals surface area contributed by atoms with Crippen molar-refractivity contribution in [1.82, 2.24) is 4.90 Å². The molecule has 5 heteroatoms. The Bertz CT molecular complexity index is 382. The number of ether oxygens (including phenoxy) is 2. The molecule has 0 aromatic heterocycles. The minimum Gasteiger partial charge on any atom is -0.456 e. The zero-order chi connectivity index (χ0) is 12.8. The number of fused-ring (bicyclic) bond motifs is 1. The normalized spacial score (nSPS) is 28.1. The van der Waals surface area contributed by atoms with Gasteiger partial charge in [0.25, 0.3) is 0 Å². The minimum absolute atomic E-state index is 0.0741. The van der Waals surface area contributed by atoms with E-state index in [4.69, 9.17) is 9.47 Å². The first-order valence-corrected chi connectivity index (χ1v) is 5.65. The zero-order valence-corrected chi connectivity index (χ0v) is 10.4. The summed E-state index contributed by atoms with van der Waals surface area (Å²) in [5.74, 6) is -0.418. The highest BCUT2D eigenvalue weighted by Gasteiger charge is 2.47. The lowest BCUT2D eigenvalue weighted by atomic mass is 10.0. The molecule has 0 aromatic carbocycles. The predicted octanol–water partition coefficient (Wildman–Crippen LogP) is 1.33. The number of nitrogens with zero attached hydrogens (tertiary/aromatic N) is 1. The Hall–Kier alpha value is -1.52. The van der Waals surface area contributed by atoms with Gasteiger partial charge in [-0.05, 0) is 20.8 Å². The summed E-state index contributed by atoms with van der Waals surface area (Å²) >= 11 is 0. The number of esters is 1. The zero-order valence-electron chi connectivity index (χ0n) is 10.4. The van der Waals surface area contributed by atoms with Gasteiger partial charge in [-0.2, -0.15) is 0 Å². The predicted molar refractivity (Wildman–Crippen MR) is 60.3 cm³/mol. The molecule has 0 saturated carbocycles. The summed E-state index contributed by atoms with van der Waals surface area (Å²) in [5, 5.41) is 0. The third-order valence-corrected chi connectivity index (χ3v) is 2.89. The van der Waals surface area contributed by atoms with E-state index >= 15 is 0 Å². The molecule has 0 spiro atoms. The van der Waals surface area contributed by atoms with Crippen LogP contribution in [-0.4, -0.2) is 41.8 Å². The lowest BCUT2D eigenvalue weighted by Gasteiger charge is -2.24. The highest BCUT2D eigenvalue weighted by molar-refractivity contribution is 5.91. The summed E-state index contributed by atoms with van der Waals surface area (Å²) in [6.07, 6.45) is -0.613. The molecule has 2 fully saturated rings. The van der Waals surface area contributed by atoms with Gasteiger partial charge in [-0.25, -0.2) is 9.59 Å². The second-order valence-corrected chi connectivity index (χ2v) is 5.46.